The number of benzene rings is 3. The van der Waals surface area contributed by atoms with Gasteiger partial charge in [0.2, 0.25) is 6.79 Å². The van der Waals surface area contributed by atoms with Crippen molar-refractivity contribution < 1.29 is 33.3 Å². The molecule has 3 aromatic carbocycles. The first-order valence-corrected chi connectivity index (χ1v) is 11.9. The summed E-state index contributed by atoms with van der Waals surface area (Å²) in [6.07, 6.45) is 1.61. The number of hydrogen-bond acceptors (Lipinski definition) is 8. The number of imide groups is 1. The number of carbonyl (C=O) groups excluding carboxylic acids is 3. The fourth-order valence-electron chi connectivity index (χ4n) is 3.56. The third-order valence-corrected chi connectivity index (χ3v) is 6.72. The molecular weight excluding hydrogens is 506 g/mol. The number of fused-ring (bicyclic) bond motifs is 1. The minimum atomic E-state index is -0.506. The van der Waals surface area contributed by atoms with Gasteiger partial charge in [0.15, 0.2) is 11.5 Å². The molecule has 1 saturated heterocycles. The zero-order chi connectivity index (χ0) is 25.2. The fourth-order valence-corrected chi connectivity index (χ4v) is 4.62. The molecule has 2 amide bonds. The van der Waals surface area contributed by atoms with Crippen molar-refractivity contribution in [3.63, 3.8) is 0 Å². The molecule has 2 heterocycles. The lowest BCUT2D eigenvalue weighted by Gasteiger charge is -2.14. The highest BCUT2D eigenvalue weighted by molar-refractivity contribution is 8.18. The smallest absolute Gasteiger partial charge is 0.343 e. The van der Waals surface area contributed by atoms with Gasteiger partial charge >= 0.3 is 5.97 Å². The van der Waals surface area contributed by atoms with E-state index in [2.05, 4.69) is 0 Å². The number of halogens is 1. The van der Waals surface area contributed by atoms with E-state index in [0.29, 0.717) is 44.7 Å². The molecule has 0 aromatic heterocycles. The van der Waals surface area contributed by atoms with Crippen LogP contribution in [0.2, 0.25) is 5.02 Å². The van der Waals surface area contributed by atoms with Crippen molar-refractivity contribution in [1.82, 2.24) is 4.90 Å². The van der Waals surface area contributed by atoms with E-state index in [1.807, 2.05) is 0 Å². The average molecular weight is 524 g/mol. The molecule has 0 bridgehead atoms. The summed E-state index contributed by atoms with van der Waals surface area (Å²) in [6, 6.07) is 16.5. The molecule has 0 aliphatic carbocycles. The van der Waals surface area contributed by atoms with E-state index in [4.69, 9.17) is 30.5 Å². The van der Waals surface area contributed by atoms with Gasteiger partial charge < -0.3 is 18.9 Å². The van der Waals surface area contributed by atoms with E-state index in [0.717, 1.165) is 16.7 Å². The molecule has 0 N–H and O–H groups in total. The molecular formula is C26H18ClNO7S. The van der Waals surface area contributed by atoms with Crippen molar-refractivity contribution in [2.24, 2.45) is 0 Å². The molecule has 5 rings (SSSR count). The summed E-state index contributed by atoms with van der Waals surface area (Å²) in [5, 5.41) is -0.0212. The molecule has 0 unspecified atom stereocenters. The van der Waals surface area contributed by atoms with Crippen molar-refractivity contribution in [1.29, 1.82) is 0 Å². The Kier molecular flexibility index (Phi) is 6.58. The third-order valence-electron chi connectivity index (χ3n) is 5.46. The lowest BCUT2D eigenvalue weighted by Crippen LogP contribution is -2.27. The van der Waals surface area contributed by atoms with Crippen molar-refractivity contribution in [3.05, 3.63) is 87.3 Å². The Labute approximate surface area is 215 Å². The molecule has 182 valence electrons. The lowest BCUT2D eigenvalue weighted by atomic mass is 10.1. The number of amides is 2. The molecule has 8 nitrogen and oxygen atoms in total. The summed E-state index contributed by atoms with van der Waals surface area (Å²) in [5.74, 6) is 1.10. The fraction of sp³-hybridized carbons (Fsp3) is 0.115. The zero-order valence-electron chi connectivity index (χ0n) is 18.9. The van der Waals surface area contributed by atoms with Gasteiger partial charge in [0.25, 0.3) is 11.1 Å². The highest BCUT2D eigenvalue weighted by Crippen LogP contribution is 2.39. The van der Waals surface area contributed by atoms with Gasteiger partial charge in [-0.2, -0.15) is 0 Å². The van der Waals surface area contributed by atoms with Crippen molar-refractivity contribution in [2.45, 2.75) is 6.54 Å². The van der Waals surface area contributed by atoms with Gasteiger partial charge in [0.1, 0.15) is 11.5 Å². The second-order valence-corrected chi connectivity index (χ2v) is 9.15. The Morgan fingerprint density at radius 3 is 2.39 bits per heavy atom. The largest absolute Gasteiger partial charge is 0.497 e. The summed E-state index contributed by atoms with van der Waals surface area (Å²) < 4.78 is 21.1. The Hall–Kier alpha value is -3.95. The summed E-state index contributed by atoms with van der Waals surface area (Å²) >= 11 is 7.15. The number of nitrogens with zero attached hydrogens (tertiary/aromatic N) is 1. The maximum Gasteiger partial charge on any atom is 0.343 e. The van der Waals surface area contributed by atoms with E-state index >= 15 is 0 Å². The number of thioether (sulfide) groups is 1. The first kappa shape index (κ1) is 23.8. The van der Waals surface area contributed by atoms with Gasteiger partial charge in [-0.25, -0.2) is 4.79 Å². The highest BCUT2D eigenvalue weighted by Gasteiger charge is 2.35. The van der Waals surface area contributed by atoms with Crippen LogP contribution in [0.5, 0.6) is 23.0 Å². The minimum absolute atomic E-state index is 0.0116. The molecule has 0 atom stereocenters. The number of carbonyl (C=O) groups is 3. The van der Waals surface area contributed by atoms with Crippen LogP contribution in [0, 0.1) is 0 Å². The Balaban J connectivity index is 1.26. The maximum absolute atomic E-state index is 12.9. The van der Waals surface area contributed by atoms with Gasteiger partial charge in [0, 0.05) is 11.1 Å². The monoisotopic (exact) mass is 523 g/mol. The van der Waals surface area contributed by atoms with Gasteiger partial charge in [0.05, 0.1) is 24.1 Å². The van der Waals surface area contributed by atoms with Crippen LogP contribution in [-0.4, -0.2) is 35.9 Å². The molecule has 0 saturated carbocycles. The Bertz CT molecular complexity index is 1390. The minimum Gasteiger partial charge on any atom is -0.497 e. The molecule has 3 aromatic rings. The average Bonchev–Trinajstić information content (AvgIpc) is 3.44. The molecule has 0 spiro atoms. The molecule has 10 heteroatoms. The van der Waals surface area contributed by atoms with Gasteiger partial charge in [-0.05, 0) is 71.4 Å². The second-order valence-electron chi connectivity index (χ2n) is 7.75. The van der Waals surface area contributed by atoms with E-state index in [9.17, 15) is 14.4 Å². The molecule has 2 aliphatic rings. The van der Waals surface area contributed by atoms with Crippen LogP contribution in [-0.2, 0) is 11.3 Å². The van der Waals surface area contributed by atoms with Crippen molar-refractivity contribution >= 4 is 46.6 Å². The predicted octanol–water partition coefficient (Wildman–Crippen LogP) is 5.53. The predicted molar refractivity (Wildman–Crippen MR) is 133 cm³/mol. The Morgan fingerprint density at radius 1 is 1.03 bits per heavy atom. The number of methoxy groups -OCH3 is 1. The first-order chi connectivity index (χ1) is 17.4. The van der Waals surface area contributed by atoms with E-state index in [1.54, 1.807) is 73.8 Å². The molecule has 1 fully saturated rings. The van der Waals surface area contributed by atoms with Gasteiger partial charge in [-0.3, -0.25) is 14.5 Å². The van der Waals surface area contributed by atoms with Crippen LogP contribution in [0.4, 0.5) is 4.79 Å². The molecule has 0 radical (unpaired) electrons. The summed E-state index contributed by atoms with van der Waals surface area (Å²) in [6.45, 7) is 0.108. The zero-order valence-corrected chi connectivity index (χ0v) is 20.4. The van der Waals surface area contributed by atoms with Crippen molar-refractivity contribution in [2.75, 3.05) is 13.9 Å². The number of esters is 1. The Morgan fingerprint density at radius 2 is 1.69 bits per heavy atom. The summed E-state index contributed by atoms with van der Waals surface area (Å²) in [7, 11) is 1.55. The third kappa shape index (κ3) is 4.89. The SMILES string of the molecule is COc1ccc(C(=O)Oc2ccc(/C=C3/SC(=O)N(Cc4cc5c(cc4Cl)OCO5)C3=O)cc2)cc1. The first-order valence-electron chi connectivity index (χ1n) is 10.7. The number of hydrogen-bond donors (Lipinski definition) is 0. The molecule has 2 aliphatic heterocycles. The van der Waals surface area contributed by atoms with Crippen LogP contribution in [0.25, 0.3) is 6.08 Å². The van der Waals surface area contributed by atoms with Gasteiger partial charge in [-0.15, -0.1) is 0 Å². The maximum atomic E-state index is 12.9. The van der Waals surface area contributed by atoms with E-state index in [-0.39, 0.29) is 18.2 Å². The number of rotatable bonds is 6. The lowest BCUT2D eigenvalue weighted by molar-refractivity contribution is -0.123. The van der Waals surface area contributed by atoms with E-state index < -0.39 is 17.1 Å². The quantitative estimate of drug-likeness (QED) is 0.236. The molecule has 36 heavy (non-hydrogen) atoms. The van der Waals surface area contributed by atoms with Crippen LogP contribution < -0.4 is 18.9 Å². The second kappa shape index (κ2) is 9.96. The highest BCUT2D eigenvalue weighted by atomic mass is 35.5. The standard InChI is InChI=1S/C26H18ClNO7S/c1-32-18-8-4-16(5-9-18)25(30)35-19-6-2-15(3-7-19)10-23-24(29)28(26(31)36-23)13-17-11-21-22(12-20(17)27)34-14-33-21/h2-12H,13-14H2,1H3/b23-10+. The van der Waals surface area contributed by atoms with Crippen molar-refractivity contribution in [3.8, 4) is 23.0 Å². The van der Waals surface area contributed by atoms with Crippen LogP contribution >= 0.6 is 23.4 Å². The topological polar surface area (TPSA) is 91.4 Å². The summed E-state index contributed by atoms with van der Waals surface area (Å²) in [4.78, 5) is 39.2. The normalized spacial score (nSPS) is 15.5. The van der Waals surface area contributed by atoms with E-state index in [1.165, 1.54) is 0 Å². The van der Waals surface area contributed by atoms with Gasteiger partial charge in [-0.1, -0.05) is 23.7 Å². The number of ether oxygens (including phenoxy) is 4. The van der Waals surface area contributed by atoms with Crippen LogP contribution in [0.15, 0.2) is 65.6 Å². The van der Waals surface area contributed by atoms with Crippen LogP contribution in [0.1, 0.15) is 21.5 Å². The summed E-state index contributed by atoms with van der Waals surface area (Å²) in [5.41, 5.74) is 1.63. The van der Waals surface area contributed by atoms with Crippen LogP contribution in [0.3, 0.4) is 0 Å².